The van der Waals surface area contributed by atoms with Gasteiger partial charge in [-0.15, -0.1) is 0 Å². The van der Waals surface area contributed by atoms with Crippen LogP contribution in [0.3, 0.4) is 0 Å². The number of hydrogen-bond acceptors (Lipinski definition) is 5. The van der Waals surface area contributed by atoms with Crippen molar-refractivity contribution in [2.75, 3.05) is 0 Å². The monoisotopic (exact) mass is 273 g/mol. The Balaban J connectivity index is 2.18. The molecule has 0 aliphatic heterocycles. The molecular formula is C14H15N3O3. The summed E-state index contributed by atoms with van der Waals surface area (Å²) in [5.74, 6) is 0.218. The lowest BCUT2D eigenvalue weighted by Crippen LogP contribution is -2.03. The van der Waals surface area contributed by atoms with Crippen LogP contribution < -0.4 is 10.5 Å². The molecule has 1 aromatic carbocycles. The van der Waals surface area contributed by atoms with Gasteiger partial charge in [0.05, 0.1) is 10.6 Å². The van der Waals surface area contributed by atoms with E-state index < -0.39 is 4.92 Å². The average molecular weight is 273 g/mol. The summed E-state index contributed by atoms with van der Waals surface area (Å²) >= 11 is 0. The van der Waals surface area contributed by atoms with Gasteiger partial charge < -0.3 is 10.5 Å². The topological polar surface area (TPSA) is 91.3 Å². The maximum atomic E-state index is 11.0. The minimum absolute atomic E-state index is 0.0828. The van der Waals surface area contributed by atoms with Crippen LogP contribution in [-0.4, -0.2) is 9.91 Å². The number of nitro groups is 1. The van der Waals surface area contributed by atoms with Crippen molar-refractivity contribution in [2.24, 2.45) is 5.73 Å². The Morgan fingerprint density at radius 1 is 1.35 bits per heavy atom. The molecule has 0 unspecified atom stereocenters. The van der Waals surface area contributed by atoms with Crippen LogP contribution in [0.5, 0.6) is 5.75 Å². The van der Waals surface area contributed by atoms with E-state index in [1.165, 1.54) is 6.07 Å². The molecule has 0 fully saturated rings. The quantitative estimate of drug-likeness (QED) is 0.666. The number of aromatic nitrogens is 1. The molecule has 0 atom stereocenters. The minimum Gasteiger partial charge on any atom is -0.480 e. The maximum absolute atomic E-state index is 11.0. The highest BCUT2D eigenvalue weighted by molar-refractivity contribution is 5.48. The van der Waals surface area contributed by atoms with Gasteiger partial charge in [-0.2, -0.15) is 0 Å². The van der Waals surface area contributed by atoms with Crippen LogP contribution in [0, 0.1) is 17.0 Å². The van der Waals surface area contributed by atoms with Gasteiger partial charge in [-0.25, -0.2) is 0 Å². The zero-order valence-electron chi connectivity index (χ0n) is 11.1. The van der Waals surface area contributed by atoms with Crippen LogP contribution >= 0.6 is 0 Å². The van der Waals surface area contributed by atoms with Crippen LogP contribution in [0.1, 0.15) is 17.0 Å². The normalized spacial score (nSPS) is 10.3. The number of ether oxygens (including phenoxy) is 1. The number of pyridine rings is 1. The van der Waals surface area contributed by atoms with Gasteiger partial charge in [0, 0.05) is 18.3 Å². The molecule has 0 spiro atoms. The summed E-state index contributed by atoms with van der Waals surface area (Å²) in [5.41, 5.74) is 7.69. The lowest BCUT2D eigenvalue weighted by atomic mass is 10.2. The van der Waals surface area contributed by atoms with Crippen LogP contribution in [0.4, 0.5) is 5.69 Å². The molecule has 0 amide bonds. The van der Waals surface area contributed by atoms with Gasteiger partial charge in [0.15, 0.2) is 5.75 Å². The first kappa shape index (κ1) is 14.0. The van der Waals surface area contributed by atoms with Crippen molar-refractivity contribution in [3.05, 3.63) is 63.5 Å². The van der Waals surface area contributed by atoms with Crippen LogP contribution in [0.25, 0.3) is 0 Å². The fraction of sp³-hybridized carbons (Fsp3) is 0.214. The predicted octanol–water partition coefficient (Wildman–Crippen LogP) is 2.34. The van der Waals surface area contributed by atoms with E-state index in [-0.39, 0.29) is 24.6 Å². The van der Waals surface area contributed by atoms with E-state index in [4.69, 9.17) is 10.5 Å². The molecule has 2 aromatic rings. The number of benzene rings is 1. The first-order valence-electron chi connectivity index (χ1n) is 6.13. The zero-order valence-corrected chi connectivity index (χ0v) is 11.1. The third kappa shape index (κ3) is 3.30. The molecule has 2 rings (SSSR count). The second-order valence-corrected chi connectivity index (χ2v) is 4.32. The highest BCUT2D eigenvalue weighted by Gasteiger charge is 2.15. The molecule has 0 radical (unpaired) electrons. The molecule has 6 heteroatoms. The van der Waals surface area contributed by atoms with Crippen molar-refractivity contribution in [3.8, 4) is 5.75 Å². The summed E-state index contributed by atoms with van der Waals surface area (Å²) in [6.07, 6.45) is 0. The molecule has 2 N–H and O–H groups in total. The van der Waals surface area contributed by atoms with Gasteiger partial charge in [0.25, 0.3) is 0 Å². The fourth-order valence-electron chi connectivity index (χ4n) is 1.79. The van der Waals surface area contributed by atoms with Gasteiger partial charge in [0.1, 0.15) is 6.61 Å². The van der Waals surface area contributed by atoms with E-state index >= 15 is 0 Å². The van der Waals surface area contributed by atoms with Crippen molar-refractivity contribution in [1.29, 1.82) is 0 Å². The van der Waals surface area contributed by atoms with Gasteiger partial charge >= 0.3 is 5.69 Å². The molecule has 1 aromatic heterocycles. The largest absolute Gasteiger partial charge is 0.480 e. The average Bonchev–Trinajstić information content (AvgIpc) is 2.45. The number of aryl methyl sites for hydroxylation is 1. The smallest absolute Gasteiger partial charge is 0.311 e. The molecule has 0 bridgehead atoms. The Labute approximate surface area is 116 Å². The first-order valence-corrected chi connectivity index (χ1v) is 6.13. The summed E-state index contributed by atoms with van der Waals surface area (Å²) in [5, 5.41) is 11.0. The fourth-order valence-corrected chi connectivity index (χ4v) is 1.79. The van der Waals surface area contributed by atoms with E-state index in [2.05, 4.69) is 4.98 Å². The van der Waals surface area contributed by atoms with E-state index in [9.17, 15) is 10.1 Å². The summed E-state index contributed by atoms with van der Waals surface area (Å²) in [4.78, 5) is 14.8. The Morgan fingerprint density at radius 3 is 2.80 bits per heavy atom. The van der Waals surface area contributed by atoms with Crippen molar-refractivity contribution in [3.63, 3.8) is 0 Å². The first-order chi connectivity index (χ1) is 9.60. The lowest BCUT2D eigenvalue weighted by Gasteiger charge is -2.08. The Morgan fingerprint density at radius 2 is 2.15 bits per heavy atom. The Bertz CT molecular complexity index is 629. The second kappa shape index (κ2) is 6.12. The molecule has 0 saturated carbocycles. The van der Waals surface area contributed by atoms with E-state index in [0.717, 1.165) is 11.4 Å². The molecule has 104 valence electrons. The zero-order chi connectivity index (χ0) is 14.5. The predicted molar refractivity (Wildman–Crippen MR) is 74.3 cm³/mol. The summed E-state index contributed by atoms with van der Waals surface area (Å²) in [6, 6.07) is 10.3. The third-order valence-electron chi connectivity index (χ3n) is 2.78. The van der Waals surface area contributed by atoms with Gasteiger partial charge in [-0.1, -0.05) is 12.1 Å². The number of hydrogen-bond donors (Lipinski definition) is 1. The van der Waals surface area contributed by atoms with Crippen LogP contribution in [0.15, 0.2) is 36.4 Å². The van der Waals surface area contributed by atoms with Gasteiger partial charge in [0.2, 0.25) is 0 Å². The SMILES string of the molecule is Cc1cccc(COc2ccc(CN)cc2[N+](=O)[O-])n1. The van der Waals surface area contributed by atoms with Gasteiger partial charge in [-0.3, -0.25) is 15.1 Å². The van der Waals surface area contributed by atoms with Crippen molar-refractivity contribution in [1.82, 2.24) is 4.98 Å². The molecule has 1 heterocycles. The number of nitrogens with zero attached hydrogens (tertiary/aromatic N) is 2. The Hall–Kier alpha value is -2.47. The summed E-state index contributed by atoms with van der Waals surface area (Å²) in [7, 11) is 0. The van der Waals surface area contributed by atoms with Crippen molar-refractivity contribution in [2.45, 2.75) is 20.1 Å². The highest BCUT2D eigenvalue weighted by Crippen LogP contribution is 2.28. The van der Waals surface area contributed by atoms with Crippen molar-refractivity contribution < 1.29 is 9.66 Å². The van der Waals surface area contributed by atoms with E-state index in [1.807, 2.05) is 25.1 Å². The molecular weight excluding hydrogens is 258 g/mol. The lowest BCUT2D eigenvalue weighted by molar-refractivity contribution is -0.386. The maximum Gasteiger partial charge on any atom is 0.311 e. The van der Waals surface area contributed by atoms with Crippen molar-refractivity contribution >= 4 is 5.69 Å². The number of nitro benzene ring substituents is 1. The highest BCUT2D eigenvalue weighted by atomic mass is 16.6. The molecule has 0 aliphatic carbocycles. The second-order valence-electron chi connectivity index (χ2n) is 4.32. The number of nitrogens with two attached hydrogens (primary N) is 1. The van der Waals surface area contributed by atoms with Crippen LogP contribution in [-0.2, 0) is 13.2 Å². The molecule has 6 nitrogen and oxygen atoms in total. The summed E-state index contributed by atoms with van der Waals surface area (Å²) < 4.78 is 5.49. The summed E-state index contributed by atoms with van der Waals surface area (Å²) in [6.45, 7) is 2.31. The Kier molecular flexibility index (Phi) is 4.27. The van der Waals surface area contributed by atoms with E-state index in [1.54, 1.807) is 12.1 Å². The standard InChI is InChI=1S/C14H15N3O3/c1-10-3-2-4-12(16-10)9-20-14-6-5-11(8-15)7-13(14)17(18)19/h2-7H,8-9,15H2,1H3. The molecule has 20 heavy (non-hydrogen) atoms. The molecule has 0 saturated heterocycles. The molecule has 0 aliphatic rings. The number of rotatable bonds is 5. The van der Waals surface area contributed by atoms with E-state index in [0.29, 0.717) is 5.56 Å². The van der Waals surface area contributed by atoms with Crippen LogP contribution in [0.2, 0.25) is 0 Å². The van der Waals surface area contributed by atoms with Gasteiger partial charge in [-0.05, 0) is 30.7 Å². The third-order valence-corrected chi connectivity index (χ3v) is 2.78. The minimum atomic E-state index is -0.474.